The number of carbonyl (C=O) groups excluding carboxylic acids is 3. The van der Waals surface area contributed by atoms with Crippen molar-refractivity contribution in [2.45, 2.75) is 39.0 Å². The van der Waals surface area contributed by atoms with Crippen LogP contribution < -0.4 is 10.1 Å². The summed E-state index contributed by atoms with van der Waals surface area (Å²) in [6.07, 6.45) is 0.212. The predicted molar refractivity (Wildman–Crippen MR) is 110 cm³/mol. The van der Waals surface area contributed by atoms with Crippen molar-refractivity contribution in [1.82, 2.24) is 5.32 Å². The van der Waals surface area contributed by atoms with Gasteiger partial charge in [0.05, 0.1) is 20.0 Å². The summed E-state index contributed by atoms with van der Waals surface area (Å²) >= 11 is 0. The van der Waals surface area contributed by atoms with E-state index in [4.69, 9.17) is 4.74 Å². The van der Waals surface area contributed by atoms with Gasteiger partial charge in [-0.05, 0) is 40.8 Å². The van der Waals surface area contributed by atoms with Crippen LogP contribution in [0.15, 0.2) is 48.5 Å². The zero-order chi connectivity index (χ0) is 21.4. The molecule has 0 bridgehead atoms. The number of nitrogens with one attached hydrogen (secondary N) is 1. The van der Waals surface area contributed by atoms with E-state index in [1.807, 2.05) is 12.1 Å². The monoisotopic (exact) mass is 397 g/mol. The van der Waals surface area contributed by atoms with E-state index in [0.717, 1.165) is 11.1 Å². The molecule has 1 amide bonds. The molecule has 6 heteroatoms. The Kier molecular flexibility index (Phi) is 7.53. The summed E-state index contributed by atoms with van der Waals surface area (Å²) in [5.74, 6) is -0.634. The molecule has 154 valence electrons. The number of rotatable bonds is 7. The number of hydrogen-bond donors (Lipinski definition) is 1. The van der Waals surface area contributed by atoms with Gasteiger partial charge in [0.2, 0.25) is 0 Å². The highest BCUT2D eigenvalue weighted by atomic mass is 16.5. The Labute approximate surface area is 171 Å². The molecular weight excluding hydrogens is 370 g/mol. The molecule has 29 heavy (non-hydrogen) atoms. The van der Waals surface area contributed by atoms with E-state index in [2.05, 4.69) is 30.8 Å². The molecule has 0 saturated carbocycles. The first kappa shape index (κ1) is 22.1. The minimum absolute atomic E-state index is 0.0241. The number of benzene rings is 2. The lowest BCUT2D eigenvalue weighted by Crippen LogP contribution is -2.27. The van der Waals surface area contributed by atoms with E-state index in [0.29, 0.717) is 11.3 Å². The Balaban J connectivity index is 1.77. The Hall–Kier alpha value is -3.15. The first-order chi connectivity index (χ1) is 13.7. The molecule has 0 heterocycles. The van der Waals surface area contributed by atoms with E-state index >= 15 is 0 Å². The number of hydrogen-bond acceptors (Lipinski definition) is 5. The third-order valence-corrected chi connectivity index (χ3v) is 4.36. The van der Waals surface area contributed by atoms with E-state index < -0.39 is 5.97 Å². The Bertz CT molecular complexity index is 848. The SMILES string of the molecule is COC(=O)Cc1ccc(OC(=O)CCNC(=O)c2ccc(C(C)(C)C)cc2)cc1. The molecule has 0 radical (unpaired) electrons. The van der Waals surface area contributed by atoms with Gasteiger partial charge in [0.15, 0.2) is 0 Å². The van der Waals surface area contributed by atoms with Crippen molar-refractivity contribution in [3.8, 4) is 5.75 Å². The van der Waals surface area contributed by atoms with Gasteiger partial charge in [0, 0.05) is 12.1 Å². The number of ether oxygens (including phenoxy) is 2. The third kappa shape index (κ3) is 7.07. The minimum Gasteiger partial charge on any atom is -0.469 e. The topological polar surface area (TPSA) is 81.7 Å². The molecule has 2 aromatic carbocycles. The lowest BCUT2D eigenvalue weighted by Gasteiger charge is -2.19. The molecule has 0 spiro atoms. The lowest BCUT2D eigenvalue weighted by molar-refractivity contribution is -0.140. The number of esters is 2. The maximum Gasteiger partial charge on any atom is 0.312 e. The fourth-order valence-electron chi connectivity index (χ4n) is 2.60. The van der Waals surface area contributed by atoms with E-state index in [1.54, 1.807) is 36.4 Å². The summed E-state index contributed by atoms with van der Waals surface area (Å²) in [4.78, 5) is 35.4. The van der Waals surface area contributed by atoms with E-state index in [1.165, 1.54) is 7.11 Å². The maximum atomic E-state index is 12.2. The minimum atomic E-state index is -0.450. The summed E-state index contributed by atoms with van der Waals surface area (Å²) in [5, 5.41) is 2.72. The van der Waals surface area contributed by atoms with Crippen molar-refractivity contribution >= 4 is 17.8 Å². The number of amides is 1. The quantitative estimate of drug-likeness (QED) is 0.572. The molecule has 0 fully saturated rings. The van der Waals surface area contributed by atoms with Gasteiger partial charge in [-0.15, -0.1) is 0 Å². The van der Waals surface area contributed by atoms with Gasteiger partial charge in [-0.1, -0.05) is 45.0 Å². The second kappa shape index (κ2) is 9.87. The molecule has 0 atom stereocenters. The molecule has 0 aliphatic heterocycles. The average Bonchev–Trinajstić information content (AvgIpc) is 2.68. The van der Waals surface area contributed by atoms with Crippen molar-refractivity contribution in [3.63, 3.8) is 0 Å². The van der Waals surface area contributed by atoms with E-state index in [9.17, 15) is 14.4 Å². The van der Waals surface area contributed by atoms with Gasteiger partial charge in [0.1, 0.15) is 5.75 Å². The number of methoxy groups -OCH3 is 1. The lowest BCUT2D eigenvalue weighted by atomic mass is 9.87. The summed E-state index contributed by atoms with van der Waals surface area (Å²) < 4.78 is 9.84. The Morgan fingerprint density at radius 3 is 2.07 bits per heavy atom. The van der Waals surface area contributed by atoms with Crippen LogP contribution in [0.3, 0.4) is 0 Å². The second-order valence-electron chi connectivity index (χ2n) is 7.70. The average molecular weight is 397 g/mol. The van der Waals surface area contributed by atoms with Gasteiger partial charge in [-0.25, -0.2) is 0 Å². The van der Waals surface area contributed by atoms with Crippen molar-refractivity contribution in [1.29, 1.82) is 0 Å². The zero-order valence-corrected chi connectivity index (χ0v) is 17.3. The van der Waals surface area contributed by atoms with Gasteiger partial charge in [-0.2, -0.15) is 0 Å². The molecule has 6 nitrogen and oxygen atoms in total. The van der Waals surface area contributed by atoms with Crippen LogP contribution in [-0.2, 0) is 26.2 Å². The van der Waals surface area contributed by atoms with Crippen molar-refractivity contribution in [2.75, 3.05) is 13.7 Å². The first-order valence-corrected chi connectivity index (χ1v) is 9.44. The number of carbonyl (C=O) groups is 3. The van der Waals surface area contributed by atoms with Gasteiger partial charge >= 0.3 is 11.9 Å². The van der Waals surface area contributed by atoms with Crippen molar-refractivity contribution in [3.05, 3.63) is 65.2 Å². The highest BCUT2D eigenvalue weighted by molar-refractivity contribution is 5.94. The molecule has 0 unspecified atom stereocenters. The van der Waals surface area contributed by atoms with Gasteiger partial charge in [0.25, 0.3) is 5.91 Å². The summed E-state index contributed by atoms with van der Waals surface area (Å²) in [5.41, 5.74) is 2.49. The molecule has 2 aromatic rings. The fourth-order valence-corrected chi connectivity index (χ4v) is 2.60. The van der Waals surface area contributed by atoms with Gasteiger partial charge < -0.3 is 14.8 Å². The third-order valence-electron chi connectivity index (χ3n) is 4.36. The molecule has 0 aromatic heterocycles. The Morgan fingerprint density at radius 2 is 1.52 bits per heavy atom. The smallest absolute Gasteiger partial charge is 0.312 e. The maximum absolute atomic E-state index is 12.2. The second-order valence-corrected chi connectivity index (χ2v) is 7.70. The van der Waals surface area contributed by atoms with Crippen LogP contribution in [0, 0.1) is 0 Å². The first-order valence-electron chi connectivity index (χ1n) is 9.44. The molecule has 0 saturated heterocycles. The van der Waals surface area contributed by atoms with Crippen LogP contribution in [0.25, 0.3) is 0 Å². The standard InChI is InChI=1S/C23H27NO5/c1-23(2,3)18-9-7-17(8-10-18)22(27)24-14-13-20(25)29-19-11-5-16(6-12-19)15-21(26)28-4/h5-12H,13-15H2,1-4H3,(H,24,27). The zero-order valence-electron chi connectivity index (χ0n) is 17.3. The van der Waals surface area contributed by atoms with Crippen LogP contribution in [-0.4, -0.2) is 31.5 Å². The van der Waals surface area contributed by atoms with Crippen LogP contribution in [0.4, 0.5) is 0 Å². The molecule has 1 N–H and O–H groups in total. The molecule has 2 rings (SSSR count). The Morgan fingerprint density at radius 1 is 0.897 bits per heavy atom. The highest BCUT2D eigenvalue weighted by Crippen LogP contribution is 2.22. The molecular formula is C23H27NO5. The van der Waals surface area contributed by atoms with Crippen molar-refractivity contribution in [2.24, 2.45) is 0 Å². The van der Waals surface area contributed by atoms with Crippen LogP contribution in [0.1, 0.15) is 48.7 Å². The van der Waals surface area contributed by atoms with Crippen LogP contribution in [0.2, 0.25) is 0 Å². The van der Waals surface area contributed by atoms with Crippen molar-refractivity contribution < 1.29 is 23.9 Å². The normalized spacial score (nSPS) is 10.9. The fraction of sp³-hybridized carbons (Fsp3) is 0.348. The largest absolute Gasteiger partial charge is 0.469 e. The highest BCUT2D eigenvalue weighted by Gasteiger charge is 2.14. The summed E-state index contributed by atoms with van der Waals surface area (Å²) in [7, 11) is 1.33. The van der Waals surface area contributed by atoms with E-state index in [-0.39, 0.29) is 36.7 Å². The summed E-state index contributed by atoms with van der Waals surface area (Å²) in [6, 6.07) is 14.1. The molecule has 0 aliphatic rings. The summed E-state index contributed by atoms with van der Waals surface area (Å²) in [6.45, 7) is 6.51. The predicted octanol–water partition coefficient (Wildman–Crippen LogP) is 3.43. The van der Waals surface area contributed by atoms with Crippen LogP contribution in [0.5, 0.6) is 5.75 Å². The van der Waals surface area contributed by atoms with Gasteiger partial charge in [-0.3, -0.25) is 14.4 Å². The van der Waals surface area contributed by atoms with Crippen LogP contribution >= 0.6 is 0 Å². The molecule has 0 aliphatic carbocycles.